The average Bonchev–Trinajstić information content (AvgIpc) is 2.56. The van der Waals surface area contributed by atoms with Crippen molar-refractivity contribution in [1.82, 2.24) is 10.6 Å². The molecule has 1 aliphatic rings. The van der Waals surface area contributed by atoms with Gasteiger partial charge in [0.2, 0.25) is 0 Å². The van der Waals surface area contributed by atoms with Crippen LogP contribution in [0.4, 0.5) is 4.79 Å². The van der Waals surface area contributed by atoms with Crippen LogP contribution in [0.2, 0.25) is 0 Å². The highest BCUT2D eigenvalue weighted by Gasteiger charge is 2.25. The van der Waals surface area contributed by atoms with Crippen molar-refractivity contribution in [2.45, 2.75) is 18.9 Å². The van der Waals surface area contributed by atoms with Crippen molar-refractivity contribution in [2.24, 2.45) is 5.92 Å². The first-order valence-corrected chi connectivity index (χ1v) is 7.50. The standard InChI is InChI=1S/C16H24N2O3/c1-20-16(19)18-10-11-21-15(13-6-3-2-4-7-13)14-8-5-9-17-12-14/h2-4,6-7,14-15,17H,5,8-12H2,1H3,(H,18,19). The molecular weight excluding hydrogens is 268 g/mol. The Kier molecular flexibility index (Phi) is 6.50. The van der Waals surface area contributed by atoms with Gasteiger partial charge in [0.25, 0.3) is 0 Å². The van der Waals surface area contributed by atoms with E-state index in [9.17, 15) is 4.79 Å². The normalized spacial score (nSPS) is 19.8. The van der Waals surface area contributed by atoms with Crippen LogP contribution >= 0.6 is 0 Å². The van der Waals surface area contributed by atoms with Crippen molar-refractivity contribution < 1.29 is 14.3 Å². The number of rotatable bonds is 6. The zero-order valence-electron chi connectivity index (χ0n) is 12.5. The summed E-state index contributed by atoms with van der Waals surface area (Å²) in [5, 5.41) is 6.07. The summed E-state index contributed by atoms with van der Waals surface area (Å²) in [7, 11) is 1.36. The number of methoxy groups -OCH3 is 1. The van der Waals surface area contributed by atoms with E-state index in [-0.39, 0.29) is 6.10 Å². The lowest BCUT2D eigenvalue weighted by atomic mass is 9.89. The van der Waals surface area contributed by atoms with Gasteiger partial charge in [0.1, 0.15) is 0 Å². The van der Waals surface area contributed by atoms with E-state index in [4.69, 9.17) is 4.74 Å². The number of carbonyl (C=O) groups is 1. The molecule has 0 spiro atoms. The summed E-state index contributed by atoms with van der Waals surface area (Å²) < 4.78 is 10.6. The Morgan fingerprint density at radius 3 is 2.90 bits per heavy atom. The summed E-state index contributed by atoms with van der Waals surface area (Å²) in [5.74, 6) is 0.472. The van der Waals surface area contributed by atoms with Crippen LogP contribution in [0.5, 0.6) is 0 Å². The lowest BCUT2D eigenvalue weighted by Crippen LogP contribution is -2.35. The van der Waals surface area contributed by atoms with Gasteiger partial charge in [-0.05, 0) is 24.9 Å². The van der Waals surface area contributed by atoms with Gasteiger partial charge in [0.05, 0.1) is 19.8 Å². The van der Waals surface area contributed by atoms with Gasteiger partial charge in [-0.25, -0.2) is 4.79 Å². The van der Waals surface area contributed by atoms with Crippen molar-refractivity contribution in [1.29, 1.82) is 0 Å². The average molecular weight is 292 g/mol. The Hall–Kier alpha value is -1.59. The van der Waals surface area contributed by atoms with Crippen molar-refractivity contribution in [3.63, 3.8) is 0 Å². The fourth-order valence-corrected chi connectivity index (χ4v) is 2.70. The van der Waals surface area contributed by atoms with Crippen LogP contribution in [0.25, 0.3) is 0 Å². The van der Waals surface area contributed by atoms with Crippen LogP contribution in [0.15, 0.2) is 30.3 Å². The molecule has 0 aliphatic carbocycles. The van der Waals surface area contributed by atoms with Crippen LogP contribution < -0.4 is 10.6 Å². The topological polar surface area (TPSA) is 59.6 Å². The van der Waals surface area contributed by atoms with Gasteiger partial charge in [-0.15, -0.1) is 0 Å². The largest absolute Gasteiger partial charge is 0.453 e. The third kappa shape index (κ3) is 5.02. The summed E-state index contributed by atoms with van der Waals surface area (Å²) >= 11 is 0. The van der Waals surface area contributed by atoms with E-state index in [1.54, 1.807) is 0 Å². The fraction of sp³-hybridized carbons (Fsp3) is 0.562. The zero-order chi connectivity index (χ0) is 14.9. The van der Waals surface area contributed by atoms with Gasteiger partial charge in [-0.3, -0.25) is 0 Å². The molecule has 0 saturated carbocycles. The maximum absolute atomic E-state index is 11.0. The van der Waals surface area contributed by atoms with Gasteiger partial charge < -0.3 is 20.1 Å². The Morgan fingerprint density at radius 1 is 1.43 bits per heavy atom. The highest BCUT2D eigenvalue weighted by atomic mass is 16.5. The first-order chi connectivity index (χ1) is 10.3. The molecule has 0 aromatic heterocycles. The summed E-state index contributed by atoms with van der Waals surface area (Å²) in [5.41, 5.74) is 1.20. The van der Waals surface area contributed by atoms with E-state index >= 15 is 0 Å². The molecule has 1 saturated heterocycles. The summed E-state index contributed by atoms with van der Waals surface area (Å²) in [6, 6.07) is 10.3. The van der Waals surface area contributed by atoms with Gasteiger partial charge in [0, 0.05) is 19.0 Å². The van der Waals surface area contributed by atoms with Crippen LogP contribution in [0.3, 0.4) is 0 Å². The molecule has 1 heterocycles. The molecular formula is C16H24N2O3. The van der Waals surface area contributed by atoms with Gasteiger partial charge in [-0.1, -0.05) is 30.3 Å². The van der Waals surface area contributed by atoms with Gasteiger partial charge >= 0.3 is 6.09 Å². The molecule has 0 bridgehead atoms. The Labute approximate surface area is 126 Å². The fourth-order valence-electron chi connectivity index (χ4n) is 2.70. The predicted octanol–water partition coefficient (Wildman–Crippen LogP) is 2.10. The second-order valence-corrected chi connectivity index (χ2v) is 5.23. The van der Waals surface area contributed by atoms with Crippen LogP contribution in [0, 0.1) is 5.92 Å². The number of nitrogens with one attached hydrogen (secondary N) is 2. The molecule has 5 nitrogen and oxygen atoms in total. The molecule has 2 rings (SSSR count). The third-order valence-corrected chi connectivity index (χ3v) is 3.75. The summed E-state index contributed by atoms with van der Waals surface area (Å²) in [6.07, 6.45) is 1.99. The van der Waals surface area contributed by atoms with E-state index in [2.05, 4.69) is 27.5 Å². The molecule has 1 aromatic rings. The zero-order valence-corrected chi connectivity index (χ0v) is 12.5. The van der Waals surface area contributed by atoms with E-state index in [1.807, 2.05) is 18.2 Å². The van der Waals surface area contributed by atoms with Crippen molar-refractivity contribution >= 4 is 6.09 Å². The maximum Gasteiger partial charge on any atom is 0.406 e. The molecule has 2 atom stereocenters. The minimum atomic E-state index is -0.422. The van der Waals surface area contributed by atoms with E-state index < -0.39 is 6.09 Å². The van der Waals surface area contributed by atoms with E-state index in [0.29, 0.717) is 19.1 Å². The smallest absolute Gasteiger partial charge is 0.406 e. The second-order valence-electron chi connectivity index (χ2n) is 5.23. The number of hydrogen-bond donors (Lipinski definition) is 2. The first kappa shape index (κ1) is 15.8. The van der Waals surface area contributed by atoms with Crippen molar-refractivity contribution in [2.75, 3.05) is 33.4 Å². The van der Waals surface area contributed by atoms with Crippen molar-refractivity contribution in [3.05, 3.63) is 35.9 Å². The van der Waals surface area contributed by atoms with Crippen LogP contribution in [-0.4, -0.2) is 39.4 Å². The van der Waals surface area contributed by atoms with Crippen molar-refractivity contribution in [3.8, 4) is 0 Å². The Bertz CT molecular complexity index is 419. The quantitative estimate of drug-likeness (QED) is 0.788. The monoisotopic (exact) mass is 292 g/mol. The maximum atomic E-state index is 11.0. The molecule has 2 unspecified atom stereocenters. The molecule has 0 radical (unpaired) electrons. The lowest BCUT2D eigenvalue weighted by Gasteiger charge is -2.31. The highest BCUT2D eigenvalue weighted by molar-refractivity contribution is 5.66. The predicted molar refractivity (Wildman–Crippen MR) is 81.1 cm³/mol. The number of ether oxygens (including phenoxy) is 2. The minimum Gasteiger partial charge on any atom is -0.453 e. The summed E-state index contributed by atoms with van der Waals surface area (Å²) in [4.78, 5) is 11.0. The number of piperidine rings is 1. The molecule has 1 aromatic carbocycles. The second kappa shape index (κ2) is 8.64. The molecule has 116 valence electrons. The number of amides is 1. The third-order valence-electron chi connectivity index (χ3n) is 3.75. The van der Waals surface area contributed by atoms with E-state index in [1.165, 1.54) is 19.1 Å². The number of benzene rings is 1. The Morgan fingerprint density at radius 2 is 2.24 bits per heavy atom. The number of alkyl carbamates (subject to hydrolysis) is 1. The van der Waals surface area contributed by atoms with Crippen LogP contribution in [-0.2, 0) is 9.47 Å². The molecule has 2 N–H and O–H groups in total. The van der Waals surface area contributed by atoms with Gasteiger partial charge in [0.15, 0.2) is 0 Å². The first-order valence-electron chi connectivity index (χ1n) is 7.50. The molecule has 1 amide bonds. The molecule has 1 fully saturated rings. The van der Waals surface area contributed by atoms with Gasteiger partial charge in [-0.2, -0.15) is 0 Å². The molecule has 1 aliphatic heterocycles. The number of carbonyl (C=O) groups excluding carboxylic acids is 1. The van der Waals surface area contributed by atoms with E-state index in [0.717, 1.165) is 19.5 Å². The molecule has 5 heteroatoms. The Balaban J connectivity index is 1.91. The minimum absolute atomic E-state index is 0.0680. The molecule has 21 heavy (non-hydrogen) atoms. The number of hydrogen-bond acceptors (Lipinski definition) is 4. The lowest BCUT2D eigenvalue weighted by molar-refractivity contribution is 0.00475. The highest BCUT2D eigenvalue weighted by Crippen LogP contribution is 2.30. The van der Waals surface area contributed by atoms with Crippen LogP contribution in [0.1, 0.15) is 24.5 Å². The SMILES string of the molecule is COC(=O)NCCOC(c1ccccc1)C1CCCNC1. The summed E-state index contributed by atoms with van der Waals surface area (Å²) in [6.45, 7) is 2.99.